The molecule has 2 aliphatic rings. The summed E-state index contributed by atoms with van der Waals surface area (Å²) >= 11 is 0. The van der Waals surface area contributed by atoms with Crippen molar-refractivity contribution in [1.29, 1.82) is 0 Å². The van der Waals surface area contributed by atoms with Gasteiger partial charge in [-0.2, -0.15) is 5.10 Å². The van der Waals surface area contributed by atoms with E-state index in [1.807, 2.05) is 25.0 Å². The van der Waals surface area contributed by atoms with Crippen LogP contribution in [0.1, 0.15) is 31.2 Å². The lowest BCUT2D eigenvalue weighted by molar-refractivity contribution is 0.151. The standard InChI is InChI=1S/C15H25N5.HI/c1-16-14(17-8-4-13-10-18-19(2)11-13)20-9-7-15(12-20)5-3-6-15;/h10-11H,3-9,12H2,1-2H3,(H,16,17);1H. The molecule has 1 aromatic rings. The molecule has 1 saturated heterocycles. The molecule has 5 nitrogen and oxygen atoms in total. The van der Waals surface area contributed by atoms with Crippen molar-refractivity contribution in [2.75, 3.05) is 26.7 Å². The number of aromatic nitrogens is 2. The van der Waals surface area contributed by atoms with Crippen LogP contribution in [0.5, 0.6) is 0 Å². The summed E-state index contributed by atoms with van der Waals surface area (Å²) in [6.07, 6.45) is 10.6. The van der Waals surface area contributed by atoms with E-state index in [-0.39, 0.29) is 24.0 Å². The van der Waals surface area contributed by atoms with Gasteiger partial charge in [-0.15, -0.1) is 24.0 Å². The van der Waals surface area contributed by atoms with Gasteiger partial charge in [-0.3, -0.25) is 9.67 Å². The number of guanidine groups is 1. The number of hydrogen-bond acceptors (Lipinski definition) is 2. The molecule has 0 radical (unpaired) electrons. The number of aliphatic imine (C=N–C) groups is 1. The van der Waals surface area contributed by atoms with Crippen LogP contribution in [0.15, 0.2) is 17.4 Å². The van der Waals surface area contributed by atoms with Crippen LogP contribution < -0.4 is 5.32 Å². The van der Waals surface area contributed by atoms with Crippen LogP contribution in [0.25, 0.3) is 0 Å². The van der Waals surface area contributed by atoms with Gasteiger partial charge < -0.3 is 10.2 Å². The Morgan fingerprint density at radius 2 is 2.24 bits per heavy atom. The molecule has 118 valence electrons. The fraction of sp³-hybridized carbons (Fsp3) is 0.733. The zero-order chi connectivity index (χ0) is 14.0. The Labute approximate surface area is 144 Å². The highest BCUT2D eigenvalue weighted by Crippen LogP contribution is 2.47. The average molecular weight is 403 g/mol. The highest BCUT2D eigenvalue weighted by molar-refractivity contribution is 14.0. The van der Waals surface area contributed by atoms with Gasteiger partial charge in [0.05, 0.1) is 6.20 Å². The maximum absolute atomic E-state index is 4.44. The third kappa shape index (κ3) is 3.70. The van der Waals surface area contributed by atoms with Crippen LogP contribution in [0.3, 0.4) is 0 Å². The van der Waals surface area contributed by atoms with E-state index in [9.17, 15) is 0 Å². The Morgan fingerprint density at radius 1 is 1.43 bits per heavy atom. The van der Waals surface area contributed by atoms with Crippen molar-refractivity contribution in [3.8, 4) is 0 Å². The molecule has 2 heterocycles. The number of nitrogens with zero attached hydrogens (tertiary/aromatic N) is 4. The van der Waals surface area contributed by atoms with Crippen molar-refractivity contribution in [2.45, 2.75) is 32.1 Å². The summed E-state index contributed by atoms with van der Waals surface area (Å²) in [5, 5.41) is 7.69. The van der Waals surface area contributed by atoms with Gasteiger partial charge in [0, 0.05) is 39.9 Å². The predicted molar refractivity (Wildman–Crippen MR) is 96.2 cm³/mol. The van der Waals surface area contributed by atoms with Gasteiger partial charge in [0.15, 0.2) is 5.96 Å². The molecule has 1 aromatic heterocycles. The van der Waals surface area contributed by atoms with Crippen LogP contribution in [-0.2, 0) is 13.5 Å². The van der Waals surface area contributed by atoms with E-state index in [0.29, 0.717) is 5.41 Å². The maximum atomic E-state index is 4.44. The molecule has 0 aromatic carbocycles. The molecule has 6 heteroatoms. The summed E-state index contributed by atoms with van der Waals surface area (Å²) in [5.41, 5.74) is 1.90. The fourth-order valence-electron chi connectivity index (χ4n) is 3.45. The zero-order valence-electron chi connectivity index (χ0n) is 13.0. The smallest absolute Gasteiger partial charge is 0.193 e. The molecular formula is C15H26IN5. The minimum atomic E-state index is 0. The number of halogens is 1. The van der Waals surface area contributed by atoms with Gasteiger partial charge in [-0.25, -0.2) is 0 Å². The van der Waals surface area contributed by atoms with Crippen molar-refractivity contribution >= 4 is 29.9 Å². The maximum Gasteiger partial charge on any atom is 0.193 e. The third-order valence-electron chi connectivity index (χ3n) is 4.82. The molecular weight excluding hydrogens is 377 g/mol. The third-order valence-corrected chi connectivity index (χ3v) is 4.82. The van der Waals surface area contributed by atoms with E-state index in [1.54, 1.807) is 0 Å². The monoisotopic (exact) mass is 403 g/mol. The first-order valence-corrected chi connectivity index (χ1v) is 7.64. The quantitative estimate of drug-likeness (QED) is 0.477. The largest absolute Gasteiger partial charge is 0.356 e. The van der Waals surface area contributed by atoms with Crippen LogP contribution in [0.2, 0.25) is 0 Å². The predicted octanol–water partition coefficient (Wildman–Crippen LogP) is 2.03. The van der Waals surface area contributed by atoms with Crippen molar-refractivity contribution in [3.05, 3.63) is 18.0 Å². The Morgan fingerprint density at radius 3 is 2.76 bits per heavy atom. The molecule has 0 bridgehead atoms. The molecule has 0 amide bonds. The van der Waals surface area contributed by atoms with E-state index in [2.05, 4.69) is 26.5 Å². The van der Waals surface area contributed by atoms with E-state index in [4.69, 9.17) is 0 Å². The molecule has 1 N–H and O–H groups in total. The lowest BCUT2D eigenvalue weighted by atomic mass is 9.68. The van der Waals surface area contributed by atoms with Crippen molar-refractivity contribution < 1.29 is 0 Å². The average Bonchev–Trinajstić information content (AvgIpc) is 3.01. The van der Waals surface area contributed by atoms with Crippen LogP contribution in [0, 0.1) is 5.41 Å². The molecule has 1 aliphatic heterocycles. The Bertz CT molecular complexity index is 492. The van der Waals surface area contributed by atoms with E-state index in [1.165, 1.54) is 37.8 Å². The van der Waals surface area contributed by atoms with Crippen LogP contribution in [-0.4, -0.2) is 47.3 Å². The topological polar surface area (TPSA) is 45.5 Å². The summed E-state index contributed by atoms with van der Waals surface area (Å²) in [6.45, 7) is 3.27. The van der Waals surface area contributed by atoms with Crippen molar-refractivity contribution in [3.63, 3.8) is 0 Å². The lowest BCUT2D eigenvalue weighted by Crippen LogP contribution is -2.43. The van der Waals surface area contributed by atoms with Gasteiger partial charge >= 0.3 is 0 Å². The highest BCUT2D eigenvalue weighted by atomic mass is 127. The summed E-state index contributed by atoms with van der Waals surface area (Å²) in [6, 6.07) is 0. The molecule has 2 fully saturated rings. The van der Waals surface area contributed by atoms with E-state index >= 15 is 0 Å². The van der Waals surface area contributed by atoms with Gasteiger partial charge in [-0.05, 0) is 36.7 Å². The van der Waals surface area contributed by atoms with Gasteiger partial charge in [-0.1, -0.05) is 6.42 Å². The second-order valence-corrected chi connectivity index (χ2v) is 6.27. The first kappa shape index (κ1) is 16.6. The van der Waals surface area contributed by atoms with Crippen molar-refractivity contribution in [1.82, 2.24) is 20.0 Å². The van der Waals surface area contributed by atoms with Gasteiger partial charge in [0.1, 0.15) is 0 Å². The minimum absolute atomic E-state index is 0. The van der Waals surface area contributed by atoms with Gasteiger partial charge in [0.25, 0.3) is 0 Å². The fourth-order valence-corrected chi connectivity index (χ4v) is 3.45. The molecule has 21 heavy (non-hydrogen) atoms. The second-order valence-electron chi connectivity index (χ2n) is 6.27. The highest BCUT2D eigenvalue weighted by Gasteiger charge is 2.43. The molecule has 1 aliphatic carbocycles. The second kappa shape index (κ2) is 6.98. The number of likely N-dealkylation sites (tertiary alicyclic amines) is 1. The normalized spacial score (nSPS) is 20.3. The summed E-state index contributed by atoms with van der Waals surface area (Å²) in [5.74, 6) is 1.07. The van der Waals surface area contributed by atoms with E-state index < -0.39 is 0 Å². The number of hydrogen-bond donors (Lipinski definition) is 1. The molecule has 0 atom stereocenters. The van der Waals surface area contributed by atoms with Crippen molar-refractivity contribution in [2.24, 2.45) is 17.5 Å². The SMILES string of the molecule is CN=C(NCCc1cnn(C)c1)N1CCC2(CCC2)C1.I. The van der Waals surface area contributed by atoms with Gasteiger partial charge in [0.2, 0.25) is 0 Å². The van der Waals surface area contributed by atoms with E-state index in [0.717, 1.165) is 25.5 Å². The number of rotatable bonds is 3. The molecule has 3 rings (SSSR count). The Balaban J connectivity index is 0.00000161. The number of aryl methyl sites for hydroxylation is 1. The van der Waals surface area contributed by atoms with Crippen LogP contribution in [0.4, 0.5) is 0 Å². The minimum Gasteiger partial charge on any atom is -0.356 e. The summed E-state index contributed by atoms with van der Waals surface area (Å²) in [4.78, 5) is 6.87. The first-order chi connectivity index (χ1) is 9.71. The summed E-state index contributed by atoms with van der Waals surface area (Å²) < 4.78 is 1.85. The first-order valence-electron chi connectivity index (χ1n) is 7.64. The zero-order valence-corrected chi connectivity index (χ0v) is 15.3. The number of nitrogens with one attached hydrogen (secondary N) is 1. The molecule has 0 unspecified atom stereocenters. The van der Waals surface area contributed by atoms with Crippen LogP contribution >= 0.6 is 24.0 Å². The molecule has 1 saturated carbocycles. The Kier molecular flexibility index (Phi) is 5.51. The lowest BCUT2D eigenvalue weighted by Gasteiger charge is -2.38. The molecule has 1 spiro atoms. The Hall–Kier alpha value is -0.790. The summed E-state index contributed by atoms with van der Waals surface area (Å²) in [7, 11) is 3.84.